The van der Waals surface area contributed by atoms with Crippen LogP contribution in [-0.2, 0) is 14.3 Å². The normalized spacial score (nSPS) is 14.9. The van der Waals surface area contributed by atoms with Gasteiger partial charge in [-0.05, 0) is 20.8 Å². The highest BCUT2D eigenvalue weighted by Crippen LogP contribution is 2.25. The molecule has 0 rings (SSSR count). The van der Waals surface area contributed by atoms with Gasteiger partial charge in [0, 0.05) is 7.11 Å². The van der Waals surface area contributed by atoms with Crippen LogP contribution in [0.2, 0.25) is 25.2 Å². The Balaban J connectivity index is 4.58. The molecule has 0 aliphatic heterocycles. The molecule has 1 unspecified atom stereocenters. The molecule has 0 fully saturated rings. The molecule has 90 valence electrons. The molecular weight excluding hydrogens is 208 g/mol. The van der Waals surface area contributed by atoms with E-state index < -0.39 is 13.7 Å². The Kier molecular flexibility index (Phi) is 5.00. The van der Waals surface area contributed by atoms with Crippen molar-refractivity contribution in [2.24, 2.45) is 0 Å². The zero-order chi connectivity index (χ0) is 12.3. The van der Waals surface area contributed by atoms with Gasteiger partial charge in [-0.15, -0.1) is 0 Å². The van der Waals surface area contributed by atoms with Gasteiger partial charge in [-0.25, -0.2) is 0 Å². The van der Waals surface area contributed by atoms with Crippen molar-refractivity contribution in [3.05, 3.63) is 0 Å². The van der Waals surface area contributed by atoms with Crippen molar-refractivity contribution in [2.45, 2.75) is 51.6 Å². The lowest BCUT2D eigenvalue weighted by Gasteiger charge is -2.30. The van der Waals surface area contributed by atoms with E-state index in [0.717, 1.165) is 0 Å². The van der Waals surface area contributed by atoms with Crippen LogP contribution in [0.1, 0.15) is 20.8 Å². The second kappa shape index (κ2) is 5.12. The zero-order valence-electron chi connectivity index (χ0n) is 11.0. The van der Waals surface area contributed by atoms with Crippen molar-refractivity contribution in [1.29, 1.82) is 0 Å². The van der Waals surface area contributed by atoms with E-state index in [0.29, 0.717) is 6.61 Å². The minimum absolute atomic E-state index is 0.0817. The molecule has 0 spiro atoms. The molecule has 15 heavy (non-hydrogen) atoms. The van der Waals surface area contributed by atoms with E-state index >= 15 is 0 Å². The minimum atomic E-state index is -1.57. The Morgan fingerprint density at radius 1 is 1.27 bits per heavy atom. The van der Waals surface area contributed by atoms with Crippen molar-refractivity contribution in [2.75, 3.05) is 13.7 Å². The first-order valence-electron chi connectivity index (χ1n) is 5.29. The first-order chi connectivity index (χ1) is 6.58. The Morgan fingerprint density at radius 3 is 2.00 bits per heavy atom. The molecule has 1 atom stereocenters. The number of carbonyl (C=O) groups is 1. The van der Waals surface area contributed by atoms with E-state index in [1.165, 1.54) is 0 Å². The predicted molar refractivity (Wildman–Crippen MR) is 64.8 cm³/mol. The summed E-state index contributed by atoms with van der Waals surface area (Å²) in [5.74, 6) is -0.122. The third-order valence-electron chi connectivity index (χ3n) is 2.07. The number of carbonyl (C=O) groups excluding carboxylic acids is 1. The van der Waals surface area contributed by atoms with Crippen LogP contribution < -0.4 is 0 Å². The van der Waals surface area contributed by atoms with E-state index in [2.05, 4.69) is 19.6 Å². The van der Waals surface area contributed by atoms with Gasteiger partial charge in [0.25, 0.3) is 0 Å². The van der Waals surface area contributed by atoms with Gasteiger partial charge in [0.1, 0.15) is 5.60 Å². The fourth-order valence-electron chi connectivity index (χ4n) is 1.21. The van der Waals surface area contributed by atoms with Gasteiger partial charge in [-0.2, -0.15) is 0 Å². The second-order valence-corrected chi connectivity index (χ2v) is 11.3. The predicted octanol–water partition coefficient (Wildman–Crippen LogP) is 2.68. The van der Waals surface area contributed by atoms with Crippen molar-refractivity contribution in [1.82, 2.24) is 0 Å². The Bertz CT molecular complexity index is 213. The summed E-state index contributed by atoms with van der Waals surface area (Å²) in [5.41, 5.74) is -0.496. The summed E-state index contributed by atoms with van der Waals surface area (Å²) < 4.78 is 10.5. The molecule has 0 bridgehead atoms. The first kappa shape index (κ1) is 14.6. The van der Waals surface area contributed by atoms with Crippen LogP contribution in [0.15, 0.2) is 0 Å². The average Bonchev–Trinajstić information content (AvgIpc) is 1.93. The first-order valence-corrected chi connectivity index (χ1v) is 8.87. The SMILES string of the molecule is COCC(C(=O)OC(C)(C)C)[Si](C)(C)C. The molecule has 0 aliphatic rings. The standard InChI is InChI=1S/C11H24O3Si/c1-11(2,3)14-10(12)9(8-13-4)15(5,6)7/h9H,8H2,1-7H3. The number of methoxy groups -OCH3 is 1. The molecule has 0 N–H and O–H groups in total. The molecule has 0 aromatic carbocycles. The maximum Gasteiger partial charge on any atom is 0.308 e. The molecule has 0 aliphatic carbocycles. The maximum absolute atomic E-state index is 11.9. The van der Waals surface area contributed by atoms with Crippen LogP contribution in [0.4, 0.5) is 0 Å². The zero-order valence-corrected chi connectivity index (χ0v) is 12.0. The van der Waals surface area contributed by atoms with Gasteiger partial charge >= 0.3 is 5.97 Å². The maximum atomic E-state index is 11.9. The van der Waals surface area contributed by atoms with Crippen LogP contribution >= 0.6 is 0 Å². The molecule has 0 aromatic heterocycles. The summed E-state index contributed by atoms with van der Waals surface area (Å²) in [4.78, 5) is 11.9. The van der Waals surface area contributed by atoms with E-state index in [1.807, 2.05) is 20.8 Å². The van der Waals surface area contributed by atoms with E-state index in [1.54, 1.807) is 7.11 Å². The highest BCUT2D eigenvalue weighted by atomic mass is 28.3. The molecule has 0 heterocycles. The van der Waals surface area contributed by atoms with Crippen molar-refractivity contribution in [3.63, 3.8) is 0 Å². The Hall–Kier alpha value is -0.353. The number of esters is 1. The van der Waals surface area contributed by atoms with E-state index in [4.69, 9.17) is 9.47 Å². The van der Waals surface area contributed by atoms with Gasteiger partial charge in [0.15, 0.2) is 0 Å². The lowest BCUT2D eigenvalue weighted by molar-refractivity contribution is -0.155. The summed E-state index contributed by atoms with van der Waals surface area (Å²) in [6.45, 7) is 12.6. The minimum Gasteiger partial charge on any atom is -0.460 e. The number of ether oxygens (including phenoxy) is 2. The van der Waals surface area contributed by atoms with Crippen LogP contribution in [0.25, 0.3) is 0 Å². The monoisotopic (exact) mass is 232 g/mol. The smallest absolute Gasteiger partial charge is 0.308 e. The molecule has 0 radical (unpaired) electrons. The van der Waals surface area contributed by atoms with Gasteiger partial charge in [0.2, 0.25) is 0 Å². The third-order valence-corrected chi connectivity index (χ3v) is 4.56. The summed E-state index contributed by atoms with van der Waals surface area (Å²) in [5, 5.41) is 0. The van der Waals surface area contributed by atoms with Gasteiger partial charge in [-0.1, -0.05) is 19.6 Å². The van der Waals surface area contributed by atoms with Gasteiger partial charge in [-0.3, -0.25) is 4.79 Å². The molecule has 0 saturated carbocycles. The summed E-state index contributed by atoms with van der Waals surface area (Å²) in [7, 11) is 0.0525. The Morgan fingerprint density at radius 2 is 1.73 bits per heavy atom. The summed E-state index contributed by atoms with van der Waals surface area (Å²) in [6.07, 6.45) is 0. The molecule has 3 nitrogen and oxygen atoms in total. The molecule has 4 heteroatoms. The van der Waals surface area contributed by atoms with Crippen molar-refractivity contribution < 1.29 is 14.3 Å². The highest BCUT2D eigenvalue weighted by Gasteiger charge is 2.36. The van der Waals surface area contributed by atoms with Gasteiger partial charge in [0.05, 0.1) is 20.2 Å². The number of hydrogen-bond donors (Lipinski definition) is 0. The average molecular weight is 232 g/mol. The lowest BCUT2D eigenvalue weighted by atomic mass is 10.2. The fraction of sp³-hybridized carbons (Fsp3) is 0.909. The second-order valence-electron chi connectivity index (χ2n) is 5.91. The van der Waals surface area contributed by atoms with Crippen LogP contribution in [0.5, 0.6) is 0 Å². The quantitative estimate of drug-likeness (QED) is 0.552. The highest BCUT2D eigenvalue weighted by molar-refractivity contribution is 6.80. The fourth-order valence-corrected chi connectivity index (χ4v) is 2.64. The number of hydrogen-bond acceptors (Lipinski definition) is 3. The largest absolute Gasteiger partial charge is 0.460 e. The topological polar surface area (TPSA) is 35.5 Å². The van der Waals surface area contributed by atoms with E-state index in [9.17, 15) is 4.79 Å². The summed E-state index contributed by atoms with van der Waals surface area (Å²) >= 11 is 0. The van der Waals surface area contributed by atoms with E-state index in [-0.39, 0.29) is 11.5 Å². The van der Waals surface area contributed by atoms with Crippen LogP contribution in [0.3, 0.4) is 0 Å². The Labute approximate surface area is 94.2 Å². The van der Waals surface area contributed by atoms with Crippen molar-refractivity contribution >= 4 is 14.0 Å². The summed E-state index contributed by atoms with van der Waals surface area (Å²) in [6, 6.07) is 0. The molecule has 0 amide bonds. The molecule has 0 aromatic rings. The lowest BCUT2D eigenvalue weighted by Crippen LogP contribution is -2.40. The van der Waals surface area contributed by atoms with Gasteiger partial charge < -0.3 is 9.47 Å². The van der Waals surface area contributed by atoms with Crippen LogP contribution in [0, 0.1) is 0 Å². The molecular formula is C11H24O3Si. The third kappa shape index (κ3) is 5.94. The van der Waals surface area contributed by atoms with Crippen molar-refractivity contribution in [3.8, 4) is 0 Å². The van der Waals surface area contributed by atoms with Crippen LogP contribution in [-0.4, -0.2) is 33.4 Å². The molecule has 0 saturated heterocycles. The number of rotatable bonds is 4.